The second kappa shape index (κ2) is 10.9. The maximum Gasteiger partial charge on any atom is 0.416 e. The van der Waals surface area contributed by atoms with Crippen molar-refractivity contribution in [3.8, 4) is 0 Å². The van der Waals surface area contributed by atoms with Crippen molar-refractivity contribution in [3.63, 3.8) is 0 Å². The first kappa shape index (κ1) is 26.4. The van der Waals surface area contributed by atoms with Gasteiger partial charge < -0.3 is 10.6 Å². The average molecular weight is 535 g/mol. The molecule has 202 valence electrons. The lowest BCUT2D eigenvalue weighted by molar-refractivity contribution is -0.137. The number of nitrogens with zero attached hydrogens (tertiary/aromatic N) is 3. The minimum absolute atomic E-state index is 0.0518. The van der Waals surface area contributed by atoms with E-state index in [2.05, 4.69) is 43.7 Å². The number of fused-ring (bicyclic) bond motifs is 1. The Balaban J connectivity index is 1.20. The molecule has 0 bridgehead atoms. The summed E-state index contributed by atoms with van der Waals surface area (Å²) in [6, 6.07) is 13.9. The Morgan fingerprint density at radius 3 is 2.67 bits per heavy atom. The SMILES string of the molecule is CCN1Cc2cnc(Nc3cc(CCc4cc(NC(=O)c5cccc(C(F)(F)F)c5)ccc4C)n[nH]3)cc2C1. The van der Waals surface area contributed by atoms with Crippen molar-refractivity contribution >= 4 is 23.2 Å². The maximum atomic E-state index is 13.0. The Morgan fingerprint density at radius 1 is 1.05 bits per heavy atom. The zero-order valence-corrected chi connectivity index (χ0v) is 21.7. The predicted octanol–water partition coefficient (Wildman–Crippen LogP) is 6.25. The Bertz CT molecular complexity index is 1500. The fraction of sp³-hybridized carbons (Fsp3) is 0.276. The zero-order valence-electron chi connectivity index (χ0n) is 21.7. The van der Waals surface area contributed by atoms with Crippen molar-refractivity contribution in [2.75, 3.05) is 17.2 Å². The van der Waals surface area contributed by atoms with Gasteiger partial charge in [-0.05, 0) is 85.0 Å². The van der Waals surface area contributed by atoms with Crippen LogP contribution in [0.25, 0.3) is 0 Å². The molecule has 0 spiro atoms. The van der Waals surface area contributed by atoms with Crippen LogP contribution in [0.1, 0.15) is 50.8 Å². The van der Waals surface area contributed by atoms with Crippen molar-refractivity contribution in [1.29, 1.82) is 0 Å². The Morgan fingerprint density at radius 2 is 1.87 bits per heavy atom. The van der Waals surface area contributed by atoms with E-state index in [1.165, 1.54) is 23.3 Å². The van der Waals surface area contributed by atoms with Gasteiger partial charge >= 0.3 is 6.18 Å². The first-order valence-electron chi connectivity index (χ1n) is 12.8. The molecule has 1 amide bonds. The summed E-state index contributed by atoms with van der Waals surface area (Å²) < 4.78 is 39.0. The summed E-state index contributed by atoms with van der Waals surface area (Å²) in [5, 5.41) is 13.4. The van der Waals surface area contributed by atoms with E-state index in [-0.39, 0.29) is 5.56 Å². The number of hydrogen-bond donors (Lipinski definition) is 3. The van der Waals surface area contributed by atoms with Crippen LogP contribution < -0.4 is 10.6 Å². The molecule has 3 heterocycles. The molecule has 4 aromatic rings. The molecule has 0 saturated carbocycles. The number of carbonyl (C=O) groups excluding carboxylic acids is 1. The van der Waals surface area contributed by atoms with E-state index in [9.17, 15) is 18.0 Å². The van der Waals surface area contributed by atoms with Crippen LogP contribution in [-0.4, -0.2) is 32.5 Å². The second-order valence-corrected chi connectivity index (χ2v) is 9.71. The molecule has 2 aromatic carbocycles. The normalized spacial score (nSPS) is 13.4. The quantitative estimate of drug-likeness (QED) is 0.249. The number of aryl methyl sites for hydroxylation is 3. The standard InChI is InChI=1S/C29H29F3N6O/c1-3-38-16-21-13-26(33-15-22(21)17-38)35-27-14-25(36-37-27)10-8-19-12-24(9-7-18(19)2)34-28(39)20-5-4-6-23(11-20)29(30,31)32/h4-7,9,11-15H,3,8,10,16-17H2,1-2H3,(H,34,39)(H2,33,35,36,37). The number of hydrogen-bond acceptors (Lipinski definition) is 5. The van der Waals surface area contributed by atoms with Crippen LogP contribution in [0.2, 0.25) is 0 Å². The fourth-order valence-electron chi connectivity index (χ4n) is 4.66. The van der Waals surface area contributed by atoms with Crippen LogP contribution in [-0.2, 0) is 32.1 Å². The molecule has 7 nitrogen and oxygen atoms in total. The van der Waals surface area contributed by atoms with E-state index >= 15 is 0 Å². The lowest BCUT2D eigenvalue weighted by atomic mass is 10.0. The second-order valence-electron chi connectivity index (χ2n) is 9.71. The number of rotatable bonds is 8. The molecule has 0 unspecified atom stereocenters. The van der Waals surface area contributed by atoms with Crippen LogP contribution in [0.3, 0.4) is 0 Å². The number of amides is 1. The van der Waals surface area contributed by atoms with Gasteiger partial charge in [0.15, 0.2) is 0 Å². The van der Waals surface area contributed by atoms with E-state index in [1.807, 2.05) is 31.3 Å². The molecular formula is C29H29F3N6O. The highest BCUT2D eigenvalue weighted by Crippen LogP contribution is 2.30. The van der Waals surface area contributed by atoms with Gasteiger partial charge in [0, 0.05) is 36.6 Å². The lowest BCUT2D eigenvalue weighted by Gasteiger charge is -2.11. The van der Waals surface area contributed by atoms with Crippen molar-refractivity contribution in [2.24, 2.45) is 0 Å². The number of benzene rings is 2. The first-order valence-corrected chi connectivity index (χ1v) is 12.8. The molecule has 0 saturated heterocycles. The Labute approximate surface area is 224 Å². The summed E-state index contributed by atoms with van der Waals surface area (Å²) in [7, 11) is 0. The van der Waals surface area contributed by atoms with Crippen molar-refractivity contribution in [3.05, 3.63) is 99.9 Å². The monoisotopic (exact) mass is 534 g/mol. The summed E-state index contributed by atoms with van der Waals surface area (Å²) in [5.41, 5.74) is 5.08. The average Bonchev–Trinajstić information content (AvgIpc) is 3.54. The van der Waals surface area contributed by atoms with Gasteiger partial charge in [0.1, 0.15) is 11.6 Å². The van der Waals surface area contributed by atoms with Gasteiger partial charge in [-0.1, -0.05) is 19.1 Å². The number of nitrogens with one attached hydrogen (secondary N) is 3. The molecule has 10 heteroatoms. The van der Waals surface area contributed by atoms with Gasteiger partial charge in [0.25, 0.3) is 5.91 Å². The number of alkyl halides is 3. The van der Waals surface area contributed by atoms with Crippen molar-refractivity contribution < 1.29 is 18.0 Å². The van der Waals surface area contributed by atoms with Crippen molar-refractivity contribution in [2.45, 2.75) is 46.0 Å². The molecular weight excluding hydrogens is 505 g/mol. The van der Waals surface area contributed by atoms with E-state index < -0.39 is 17.6 Å². The third-order valence-electron chi connectivity index (χ3n) is 6.92. The molecule has 0 atom stereocenters. The van der Waals surface area contributed by atoms with E-state index in [0.717, 1.165) is 60.2 Å². The number of anilines is 3. The predicted molar refractivity (Wildman–Crippen MR) is 144 cm³/mol. The van der Waals surface area contributed by atoms with Gasteiger partial charge in [0.05, 0.1) is 11.3 Å². The highest BCUT2D eigenvalue weighted by Gasteiger charge is 2.31. The summed E-state index contributed by atoms with van der Waals surface area (Å²) in [4.78, 5) is 19.5. The van der Waals surface area contributed by atoms with E-state index in [4.69, 9.17) is 0 Å². The topological polar surface area (TPSA) is 85.9 Å². The summed E-state index contributed by atoms with van der Waals surface area (Å²) in [6.07, 6.45) is -1.25. The van der Waals surface area contributed by atoms with Gasteiger partial charge in [-0.15, -0.1) is 0 Å². The van der Waals surface area contributed by atoms with E-state index in [0.29, 0.717) is 18.5 Å². The Kier molecular flexibility index (Phi) is 7.38. The summed E-state index contributed by atoms with van der Waals surface area (Å²) in [6.45, 7) is 6.99. The summed E-state index contributed by atoms with van der Waals surface area (Å²) >= 11 is 0. The lowest BCUT2D eigenvalue weighted by Crippen LogP contribution is -2.14. The van der Waals surface area contributed by atoms with Crippen molar-refractivity contribution in [1.82, 2.24) is 20.1 Å². The molecule has 5 rings (SSSR count). The smallest absolute Gasteiger partial charge is 0.325 e. The molecule has 3 N–H and O–H groups in total. The number of aromatic nitrogens is 3. The fourth-order valence-corrected chi connectivity index (χ4v) is 4.66. The molecule has 0 fully saturated rings. The van der Waals surface area contributed by atoms with E-state index in [1.54, 1.807) is 6.07 Å². The zero-order chi connectivity index (χ0) is 27.6. The van der Waals surface area contributed by atoms with Gasteiger partial charge in [0.2, 0.25) is 0 Å². The van der Waals surface area contributed by atoms with Crippen LogP contribution >= 0.6 is 0 Å². The van der Waals surface area contributed by atoms with Crippen LogP contribution in [0.4, 0.5) is 30.5 Å². The number of aromatic amines is 1. The largest absolute Gasteiger partial charge is 0.416 e. The summed E-state index contributed by atoms with van der Waals surface area (Å²) in [5.74, 6) is 0.921. The van der Waals surface area contributed by atoms with Crippen LogP contribution in [0.5, 0.6) is 0 Å². The number of pyridine rings is 1. The molecule has 0 aliphatic carbocycles. The first-order chi connectivity index (χ1) is 18.7. The van der Waals surface area contributed by atoms with Gasteiger partial charge in [-0.3, -0.25) is 14.8 Å². The molecule has 2 aromatic heterocycles. The number of H-pyrrole nitrogens is 1. The highest BCUT2D eigenvalue weighted by molar-refractivity contribution is 6.04. The number of carbonyl (C=O) groups is 1. The highest BCUT2D eigenvalue weighted by atomic mass is 19.4. The van der Waals surface area contributed by atoms with Crippen LogP contribution in [0, 0.1) is 6.92 Å². The van der Waals surface area contributed by atoms with Crippen LogP contribution in [0.15, 0.2) is 60.8 Å². The van der Waals surface area contributed by atoms with Gasteiger partial charge in [-0.25, -0.2) is 4.98 Å². The molecule has 1 aliphatic rings. The molecule has 1 aliphatic heterocycles. The minimum atomic E-state index is -4.51. The molecule has 0 radical (unpaired) electrons. The Hall–Kier alpha value is -4.18. The third kappa shape index (κ3) is 6.28. The number of halogens is 3. The third-order valence-corrected chi connectivity index (χ3v) is 6.92. The minimum Gasteiger partial charge on any atom is -0.325 e. The van der Waals surface area contributed by atoms with Gasteiger partial charge in [-0.2, -0.15) is 18.3 Å². The maximum absolute atomic E-state index is 13.0. The molecule has 39 heavy (non-hydrogen) atoms.